The van der Waals surface area contributed by atoms with E-state index in [9.17, 15) is 0 Å². The lowest BCUT2D eigenvalue weighted by molar-refractivity contribution is 0.584. The van der Waals surface area contributed by atoms with Gasteiger partial charge in [0.2, 0.25) is 11.8 Å². The second-order valence-electron chi connectivity index (χ2n) is 21.5. The van der Waals surface area contributed by atoms with Crippen molar-refractivity contribution in [2.75, 3.05) is 0 Å². The molecular weight excluding hydrogens is 909 g/mol. The Bertz CT molecular complexity index is 3590. The van der Waals surface area contributed by atoms with Gasteiger partial charge in [-0.05, 0) is 167 Å². The first-order valence-corrected chi connectivity index (χ1v) is 26.6. The number of fused-ring (bicyclic) bond motifs is 6. The minimum atomic E-state index is -0.555. The van der Waals surface area contributed by atoms with E-state index in [4.69, 9.17) is 9.52 Å². The Morgan fingerprint density at radius 3 is 1.05 bits per heavy atom. The van der Waals surface area contributed by atoms with Crippen molar-refractivity contribution in [2.45, 2.75) is 51.4 Å². The number of nitrogens with zero attached hydrogens (tertiary/aromatic N) is 2. The molecular formula is C72H58N2O. The van der Waals surface area contributed by atoms with E-state index < -0.39 is 10.8 Å². The van der Waals surface area contributed by atoms with E-state index in [1.807, 2.05) is 30.3 Å². The van der Waals surface area contributed by atoms with Gasteiger partial charge in [0.25, 0.3) is 0 Å². The van der Waals surface area contributed by atoms with Crippen LogP contribution in [0.15, 0.2) is 247 Å². The van der Waals surface area contributed by atoms with Crippen molar-refractivity contribution < 1.29 is 4.42 Å². The summed E-state index contributed by atoms with van der Waals surface area (Å²) < 4.78 is 6.60. The molecule has 0 radical (unpaired) electrons. The topological polar surface area (TPSA) is 38.9 Å². The molecule has 3 nitrogen and oxygen atoms in total. The Morgan fingerprint density at radius 1 is 0.307 bits per heavy atom. The molecule has 2 aliphatic rings. The SMILES string of the molecule is CC(C)Cc1ccc(C2(c3cccc(-c4cc(-c5cccc(C6(c7ccc(CC(C)C)cc7)c7ccccc7-c7ccccc76)c5)cc(-c5nnc(-c6ccccc6)o5)c4)c3)c3ccccc3-c3ccccc32)cc1. The average Bonchev–Trinajstić information content (AvgIpc) is 4.16. The van der Waals surface area contributed by atoms with Gasteiger partial charge in [-0.3, -0.25) is 0 Å². The number of aromatic nitrogens is 2. The van der Waals surface area contributed by atoms with Gasteiger partial charge in [-0.2, -0.15) is 0 Å². The Morgan fingerprint density at radius 2 is 0.653 bits per heavy atom. The number of hydrogen-bond donors (Lipinski definition) is 0. The second-order valence-corrected chi connectivity index (χ2v) is 21.5. The third kappa shape index (κ3) is 7.71. The fourth-order valence-corrected chi connectivity index (χ4v) is 12.8. The molecule has 362 valence electrons. The predicted molar refractivity (Wildman–Crippen MR) is 308 cm³/mol. The number of hydrogen-bond acceptors (Lipinski definition) is 3. The molecule has 10 aromatic carbocycles. The van der Waals surface area contributed by atoms with Crippen molar-refractivity contribution in [3.8, 4) is 67.4 Å². The number of benzene rings is 10. The van der Waals surface area contributed by atoms with E-state index in [1.165, 1.54) is 77.9 Å². The molecule has 0 bridgehead atoms. The van der Waals surface area contributed by atoms with Gasteiger partial charge in [0.15, 0.2) is 0 Å². The normalized spacial score (nSPS) is 13.6. The molecule has 0 fully saturated rings. The molecule has 2 aliphatic carbocycles. The summed E-state index contributed by atoms with van der Waals surface area (Å²) in [6.07, 6.45) is 2.08. The van der Waals surface area contributed by atoms with E-state index in [2.05, 4.69) is 245 Å². The highest BCUT2D eigenvalue weighted by Crippen LogP contribution is 2.58. The summed E-state index contributed by atoms with van der Waals surface area (Å²) in [7, 11) is 0. The van der Waals surface area contributed by atoms with Crippen molar-refractivity contribution >= 4 is 0 Å². The first-order chi connectivity index (χ1) is 36.8. The molecule has 0 saturated carbocycles. The Kier molecular flexibility index (Phi) is 11.5. The standard InChI is InChI=1S/C72H58N2O/c1-47(2)40-49-32-36-57(37-33-49)71(65-28-12-8-24-61(65)62-25-9-13-29-66(62)71)59-22-16-20-52(45-59)54-42-55(44-56(43-54)70-74-73-69(75-70)51-18-6-5-7-19-51)53-21-17-23-60(46-53)72(58-38-34-50(35-39-58)41-48(3)4)67-30-14-10-26-63(67)64-27-11-15-31-68(64)72/h5-39,42-48H,40-41H2,1-4H3. The van der Waals surface area contributed by atoms with Crippen LogP contribution in [0, 0.1) is 11.8 Å². The third-order valence-corrected chi connectivity index (χ3v) is 15.8. The fourth-order valence-electron chi connectivity index (χ4n) is 12.8. The lowest BCUT2D eigenvalue weighted by Crippen LogP contribution is -2.28. The fraction of sp³-hybridized carbons (Fsp3) is 0.139. The van der Waals surface area contributed by atoms with Crippen molar-refractivity contribution in [1.29, 1.82) is 0 Å². The van der Waals surface area contributed by atoms with E-state index >= 15 is 0 Å². The van der Waals surface area contributed by atoms with Crippen LogP contribution < -0.4 is 0 Å². The van der Waals surface area contributed by atoms with Gasteiger partial charge < -0.3 is 4.42 Å². The molecule has 75 heavy (non-hydrogen) atoms. The predicted octanol–water partition coefficient (Wildman–Crippen LogP) is 17.9. The van der Waals surface area contributed by atoms with Gasteiger partial charge >= 0.3 is 0 Å². The molecule has 11 aromatic rings. The first-order valence-electron chi connectivity index (χ1n) is 26.6. The van der Waals surface area contributed by atoms with Gasteiger partial charge in [0.1, 0.15) is 0 Å². The zero-order valence-electron chi connectivity index (χ0n) is 43.0. The maximum atomic E-state index is 6.60. The summed E-state index contributed by atoms with van der Waals surface area (Å²) in [5.74, 6) is 2.09. The lowest BCUT2D eigenvalue weighted by atomic mass is 9.67. The maximum absolute atomic E-state index is 6.60. The van der Waals surface area contributed by atoms with Crippen LogP contribution in [0.5, 0.6) is 0 Å². The van der Waals surface area contributed by atoms with Gasteiger partial charge in [-0.25, -0.2) is 0 Å². The first kappa shape index (κ1) is 46.1. The Balaban J connectivity index is 1.01. The Labute approximate surface area is 441 Å². The van der Waals surface area contributed by atoms with Crippen LogP contribution in [0.4, 0.5) is 0 Å². The molecule has 0 N–H and O–H groups in total. The van der Waals surface area contributed by atoms with Crippen molar-refractivity contribution in [1.82, 2.24) is 10.2 Å². The lowest BCUT2D eigenvalue weighted by Gasteiger charge is -2.34. The monoisotopic (exact) mass is 966 g/mol. The van der Waals surface area contributed by atoms with Crippen LogP contribution in [-0.2, 0) is 23.7 Å². The van der Waals surface area contributed by atoms with Gasteiger partial charge in [-0.1, -0.05) is 228 Å². The molecule has 13 rings (SSSR count). The minimum Gasteiger partial charge on any atom is -0.416 e. The van der Waals surface area contributed by atoms with Gasteiger partial charge in [-0.15, -0.1) is 10.2 Å². The quantitative estimate of drug-likeness (QED) is 0.122. The highest BCUT2D eigenvalue weighted by molar-refractivity contribution is 5.89. The minimum absolute atomic E-state index is 0.470. The van der Waals surface area contributed by atoms with E-state index in [0.717, 1.165) is 46.2 Å². The van der Waals surface area contributed by atoms with Crippen molar-refractivity contribution in [3.63, 3.8) is 0 Å². The zero-order chi connectivity index (χ0) is 50.7. The smallest absolute Gasteiger partial charge is 0.248 e. The van der Waals surface area contributed by atoms with Crippen LogP contribution in [0.25, 0.3) is 67.4 Å². The summed E-state index contributed by atoms with van der Waals surface area (Å²) in [6.45, 7) is 9.17. The van der Waals surface area contributed by atoms with Crippen LogP contribution in [0.1, 0.15) is 83.3 Å². The summed E-state index contributed by atoms with van der Waals surface area (Å²) in [5.41, 5.74) is 22.9. The molecule has 1 heterocycles. The molecule has 0 unspecified atom stereocenters. The highest BCUT2D eigenvalue weighted by atomic mass is 16.4. The molecule has 3 heteroatoms. The second kappa shape index (κ2) is 18.7. The Hall–Kier alpha value is -8.66. The summed E-state index contributed by atoms with van der Waals surface area (Å²) in [6, 6.07) is 90.2. The molecule has 0 saturated heterocycles. The van der Waals surface area contributed by atoms with Crippen molar-refractivity contribution in [2.24, 2.45) is 11.8 Å². The van der Waals surface area contributed by atoms with Crippen LogP contribution >= 0.6 is 0 Å². The van der Waals surface area contributed by atoms with Crippen LogP contribution in [0.2, 0.25) is 0 Å². The zero-order valence-corrected chi connectivity index (χ0v) is 43.0. The molecule has 0 aliphatic heterocycles. The van der Waals surface area contributed by atoms with E-state index in [-0.39, 0.29) is 0 Å². The van der Waals surface area contributed by atoms with Crippen molar-refractivity contribution in [3.05, 3.63) is 298 Å². The van der Waals surface area contributed by atoms with Gasteiger partial charge in [0.05, 0.1) is 10.8 Å². The molecule has 1 aromatic heterocycles. The van der Waals surface area contributed by atoms with Gasteiger partial charge in [0, 0.05) is 11.1 Å². The summed E-state index contributed by atoms with van der Waals surface area (Å²) in [4.78, 5) is 0. The van der Waals surface area contributed by atoms with Crippen LogP contribution in [0.3, 0.4) is 0 Å². The molecule has 0 amide bonds. The molecule has 0 atom stereocenters. The maximum Gasteiger partial charge on any atom is 0.248 e. The summed E-state index contributed by atoms with van der Waals surface area (Å²) >= 11 is 0. The third-order valence-electron chi connectivity index (χ3n) is 15.8. The number of rotatable bonds is 12. The van der Waals surface area contributed by atoms with E-state index in [1.54, 1.807) is 0 Å². The summed E-state index contributed by atoms with van der Waals surface area (Å²) in [5, 5.41) is 9.33. The van der Waals surface area contributed by atoms with E-state index in [0.29, 0.717) is 23.6 Å². The van der Waals surface area contributed by atoms with Crippen LogP contribution in [-0.4, -0.2) is 10.2 Å². The highest BCUT2D eigenvalue weighted by Gasteiger charge is 2.47. The largest absolute Gasteiger partial charge is 0.416 e. The average molecular weight is 967 g/mol. The molecule has 0 spiro atoms.